The van der Waals surface area contributed by atoms with E-state index in [2.05, 4.69) is 10.3 Å². The highest BCUT2D eigenvalue weighted by Crippen LogP contribution is 2.11. The van der Waals surface area contributed by atoms with Crippen molar-refractivity contribution < 1.29 is 9.59 Å². The van der Waals surface area contributed by atoms with Crippen molar-refractivity contribution in [2.24, 2.45) is 0 Å². The first-order valence-electron chi connectivity index (χ1n) is 6.56. The third kappa shape index (κ3) is 2.94. The summed E-state index contributed by atoms with van der Waals surface area (Å²) in [6.45, 7) is 6.87. The minimum absolute atomic E-state index is 0.0175. The average Bonchev–Trinajstić information content (AvgIpc) is 2.70. The zero-order chi connectivity index (χ0) is 14.0. The van der Waals surface area contributed by atoms with Gasteiger partial charge in [-0.25, -0.2) is 4.98 Å². The highest BCUT2D eigenvalue weighted by atomic mass is 16.2. The molecule has 1 aromatic rings. The molecule has 2 heterocycles. The molecule has 2 amide bonds. The van der Waals surface area contributed by atoms with E-state index in [1.165, 1.54) is 0 Å². The van der Waals surface area contributed by atoms with Gasteiger partial charge in [-0.15, -0.1) is 0 Å². The lowest BCUT2D eigenvalue weighted by molar-refractivity contribution is -0.134. The molecular weight excluding hydrogens is 244 g/mol. The van der Waals surface area contributed by atoms with E-state index in [0.717, 1.165) is 5.82 Å². The van der Waals surface area contributed by atoms with Crippen LogP contribution in [0.5, 0.6) is 0 Å². The van der Waals surface area contributed by atoms with Crippen LogP contribution in [0, 0.1) is 6.92 Å². The molecule has 0 aliphatic carbocycles. The van der Waals surface area contributed by atoms with E-state index < -0.39 is 6.04 Å². The van der Waals surface area contributed by atoms with Crippen molar-refractivity contribution >= 4 is 11.8 Å². The van der Waals surface area contributed by atoms with Crippen LogP contribution in [-0.2, 0) is 16.1 Å². The van der Waals surface area contributed by atoms with Crippen LogP contribution in [0.3, 0.4) is 0 Å². The van der Waals surface area contributed by atoms with Crippen LogP contribution in [0.4, 0.5) is 0 Å². The molecule has 19 heavy (non-hydrogen) atoms. The second-order valence-corrected chi connectivity index (χ2v) is 5.04. The van der Waals surface area contributed by atoms with Gasteiger partial charge in [0.2, 0.25) is 11.8 Å². The maximum absolute atomic E-state index is 12.2. The van der Waals surface area contributed by atoms with Crippen LogP contribution >= 0.6 is 0 Å². The molecule has 6 nitrogen and oxygen atoms in total. The maximum Gasteiger partial charge on any atom is 0.245 e. The lowest BCUT2D eigenvalue weighted by atomic mass is 10.2. The summed E-state index contributed by atoms with van der Waals surface area (Å²) in [5.74, 6) is 0.850. The number of carbonyl (C=O) groups excluding carboxylic acids is 2. The average molecular weight is 264 g/mol. The Kier molecular flexibility index (Phi) is 3.87. The first-order chi connectivity index (χ1) is 8.99. The van der Waals surface area contributed by atoms with Crippen LogP contribution in [0.25, 0.3) is 0 Å². The Bertz CT molecular complexity index is 483. The number of imidazole rings is 1. The number of hydrogen-bond donors (Lipinski definition) is 1. The molecule has 6 heteroatoms. The Morgan fingerprint density at radius 1 is 1.37 bits per heavy atom. The van der Waals surface area contributed by atoms with Crippen molar-refractivity contribution in [1.29, 1.82) is 0 Å². The van der Waals surface area contributed by atoms with Crippen molar-refractivity contribution in [2.75, 3.05) is 6.54 Å². The van der Waals surface area contributed by atoms with Crippen molar-refractivity contribution in [3.05, 3.63) is 18.2 Å². The largest absolute Gasteiger partial charge is 0.345 e. The van der Waals surface area contributed by atoms with Crippen LogP contribution in [-0.4, -0.2) is 44.9 Å². The van der Waals surface area contributed by atoms with Crippen LogP contribution in [0.1, 0.15) is 26.1 Å². The Morgan fingerprint density at radius 2 is 2.11 bits per heavy atom. The highest BCUT2D eigenvalue weighted by molar-refractivity contribution is 5.90. The third-order valence-electron chi connectivity index (χ3n) is 3.55. The number of rotatable bonds is 3. The third-order valence-corrected chi connectivity index (χ3v) is 3.55. The van der Waals surface area contributed by atoms with E-state index in [4.69, 9.17) is 0 Å². The van der Waals surface area contributed by atoms with Crippen LogP contribution in [0.15, 0.2) is 12.4 Å². The standard InChI is InChI=1S/C13H20N4O2/c1-9-8-12(18)15-10(2)13(19)17(9)7-6-16-5-4-14-11(16)3/h4-5,9-10H,6-8H2,1-3H3,(H,15,18). The van der Waals surface area contributed by atoms with Gasteiger partial charge in [0.05, 0.1) is 0 Å². The van der Waals surface area contributed by atoms with Gasteiger partial charge in [0.25, 0.3) is 0 Å². The first-order valence-corrected chi connectivity index (χ1v) is 6.56. The summed E-state index contributed by atoms with van der Waals surface area (Å²) < 4.78 is 2.00. The SMILES string of the molecule is Cc1nccn1CCN1C(=O)C(C)NC(=O)CC1C. The number of aromatic nitrogens is 2. The quantitative estimate of drug-likeness (QED) is 0.854. The Labute approximate surface area is 112 Å². The highest BCUT2D eigenvalue weighted by Gasteiger charge is 2.30. The Balaban J connectivity index is 2.06. The second kappa shape index (κ2) is 5.42. The van der Waals surface area contributed by atoms with Crippen LogP contribution in [0.2, 0.25) is 0 Å². The molecule has 2 rings (SSSR count). The van der Waals surface area contributed by atoms with E-state index in [9.17, 15) is 9.59 Å². The second-order valence-electron chi connectivity index (χ2n) is 5.04. The normalized spacial score (nSPS) is 24.3. The molecular formula is C13H20N4O2. The van der Waals surface area contributed by atoms with Gasteiger partial charge in [0, 0.05) is 37.9 Å². The predicted octanol–water partition coefficient (Wildman–Crippen LogP) is 0.317. The molecule has 1 aliphatic rings. The van der Waals surface area contributed by atoms with Crippen molar-refractivity contribution in [3.63, 3.8) is 0 Å². The fraction of sp³-hybridized carbons (Fsp3) is 0.615. The Hall–Kier alpha value is -1.85. The monoisotopic (exact) mass is 264 g/mol. The fourth-order valence-electron chi connectivity index (χ4n) is 2.39. The van der Waals surface area contributed by atoms with Gasteiger partial charge in [-0.2, -0.15) is 0 Å². The minimum Gasteiger partial charge on any atom is -0.345 e. The molecule has 1 aliphatic heterocycles. The number of carbonyl (C=O) groups is 2. The zero-order valence-electron chi connectivity index (χ0n) is 11.6. The molecule has 1 saturated heterocycles. The van der Waals surface area contributed by atoms with Gasteiger partial charge in [0.1, 0.15) is 11.9 Å². The number of amides is 2. The summed E-state index contributed by atoms with van der Waals surface area (Å²) in [6, 6.07) is -0.511. The predicted molar refractivity (Wildman–Crippen MR) is 70.4 cm³/mol. The van der Waals surface area contributed by atoms with Gasteiger partial charge in [-0.3, -0.25) is 9.59 Å². The first kappa shape index (κ1) is 13.6. The molecule has 0 radical (unpaired) electrons. The lowest BCUT2D eigenvalue weighted by Gasteiger charge is -2.28. The summed E-state index contributed by atoms with van der Waals surface area (Å²) in [4.78, 5) is 29.7. The van der Waals surface area contributed by atoms with Gasteiger partial charge in [-0.1, -0.05) is 0 Å². The Morgan fingerprint density at radius 3 is 2.74 bits per heavy atom. The molecule has 2 atom stereocenters. The van der Waals surface area contributed by atoms with E-state index in [1.807, 2.05) is 24.6 Å². The van der Waals surface area contributed by atoms with Crippen molar-refractivity contribution in [1.82, 2.24) is 19.8 Å². The van der Waals surface area contributed by atoms with Gasteiger partial charge < -0.3 is 14.8 Å². The molecule has 0 aromatic carbocycles. The molecule has 0 saturated carbocycles. The van der Waals surface area contributed by atoms with E-state index in [1.54, 1.807) is 18.0 Å². The smallest absolute Gasteiger partial charge is 0.245 e. The molecule has 104 valence electrons. The van der Waals surface area contributed by atoms with Gasteiger partial charge in [-0.05, 0) is 20.8 Å². The summed E-state index contributed by atoms with van der Waals surface area (Å²) in [5, 5.41) is 2.71. The minimum atomic E-state index is -0.443. The summed E-state index contributed by atoms with van der Waals surface area (Å²) in [5.41, 5.74) is 0. The van der Waals surface area contributed by atoms with E-state index in [-0.39, 0.29) is 17.9 Å². The van der Waals surface area contributed by atoms with Gasteiger partial charge in [0.15, 0.2) is 0 Å². The number of nitrogens with one attached hydrogen (secondary N) is 1. The molecule has 1 N–H and O–H groups in total. The molecule has 0 bridgehead atoms. The zero-order valence-corrected chi connectivity index (χ0v) is 11.6. The summed E-state index contributed by atoms with van der Waals surface area (Å²) in [7, 11) is 0. The summed E-state index contributed by atoms with van der Waals surface area (Å²) >= 11 is 0. The number of aryl methyl sites for hydroxylation is 1. The summed E-state index contributed by atoms with van der Waals surface area (Å²) in [6.07, 6.45) is 4.00. The fourth-order valence-corrected chi connectivity index (χ4v) is 2.39. The maximum atomic E-state index is 12.2. The molecule has 1 aromatic heterocycles. The van der Waals surface area contributed by atoms with Crippen LogP contribution < -0.4 is 5.32 Å². The topological polar surface area (TPSA) is 67.2 Å². The van der Waals surface area contributed by atoms with Crippen molar-refractivity contribution in [2.45, 2.75) is 45.8 Å². The number of hydrogen-bond acceptors (Lipinski definition) is 3. The van der Waals surface area contributed by atoms with E-state index in [0.29, 0.717) is 19.5 Å². The van der Waals surface area contributed by atoms with Crippen molar-refractivity contribution in [3.8, 4) is 0 Å². The molecule has 2 unspecified atom stereocenters. The molecule has 0 spiro atoms. The molecule has 1 fully saturated rings. The van der Waals surface area contributed by atoms with Gasteiger partial charge >= 0.3 is 0 Å². The van der Waals surface area contributed by atoms with E-state index >= 15 is 0 Å². The lowest BCUT2D eigenvalue weighted by Crippen LogP contribution is -2.46. The number of nitrogens with zero attached hydrogens (tertiary/aromatic N) is 3.